The molecule has 4 aromatic rings. The molecule has 5 aliphatic carbocycles. The normalized spacial score (nSPS) is 25.4. The lowest BCUT2D eigenvalue weighted by Gasteiger charge is -2.42. The van der Waals surface area contributed by atoms with Crippen LogP contribution in [0.3, 0.4) is 0 Å². The van der Waals surface area contributed by atoms with Crippen LogP contribution in [0.5, 0.6) is 0 Å². The highest BCUT2D eigenvalue weighted by Gasteiger charge is 2.47. The Bertz CT molecular complexity index is 2410. The van der Waals surface area contributed by atoms with Crippen molar-refractivity contribution >= 4 is 34.2 Å². The van der Waals surface area contributed by atoms with Crippen molar-refractivity contribution in [3.63, 3.8) is 0 Å². The van der Waals surface area contributed by atoms with Gasteiger partial charge in [-0.25, -0.2) is 0 Å². The Morgan fingerprint density at radius 1 is 0.660 bits per heavy atom. The predicted octanol–water partition coefficient (Wildman–Crippen LogP) is 11.1. The van der Waals surface area contributed by atoms with Crippen LogP contribution >= 0.6 is 0 Å². The highest BCUT2D eigenvalue weighted by Crippen LogP contribution is 2.55. The van der Waals surface area contributed by atoms with Crippen molar-refractivity contribution in [3.05, 3.63) is 173 Å². The van der Waals surface area contributed by atoms with E-state index in [9.17, 15) is 0 Å². The summed E-state index contributed by atoms with van der Waals surface area (Å²) in [7, 11) is 0. The Kier molecular flexibility index (Phi) is 7.38. The Morgan fingerprint density at radius 2 is 1.47 bits per heavy atom. The summed E-state index contributed by atoms with van der Waals surface area (Å²) in [5, 5.41) is 4.19. The monoisotopic (exact) mass is 690 g/mol. The van der Waals surface area contributed by atoms with Gasteiger partial charge in [-0.2, -0.15) is 0 Å². The SMILES string of the molecule is C1=CCCC(n2c3c(c4c2c2c(n4-c4ccccc4)C=CCC2)CCC2=C3N(C3CC(C4C=CC=CC4)C=C(c4ccccc4)N3)C3=CC=CCC32)=C1. The predicted molar refractivity (Wildman–Crippen MR) is 220 cm³/mol. The highest BCUT2D eigenvalue weighted by atomic mass is 15.3. The number of rotatable bonds is 5. The molecule has 0 spiro atoms. The summed E-state index contributed by atoms with van der Waals surface area (Å²) in [6.45, 7) is 0. The summed E-state index contributed by atoms with van der Waals surface area (Å²) in [6, 6.07) is 22.2. The van der Waals surface area contributed by atoms with E-state index in [-0.39, 0.29) is 6.17 Å². The number of fused-ring (bicyclic) bond motifs is 8. The van der Waals surface area contributed by atoms with Crippen LogP contribution in [0.2, 0.25) is 0 Å². The van der Waals surface area contributed by atoms with Gasteiger partial charge >= 0.3 is 0 Å². The molecule has 262 valence electrons. The molecule has 11 rings (SSSR count). The second kappa shape index (κ2) is 12.6. The molecule has 4 heterocycles. The number of para-hydroxylation sites is 1. The van der Waals surface area contributed by atoms with Gasteiger partial charge in [0.15, 0.2) is 0 Å². The Hall–Kier alpha value is -5.48. The van der Waals surface area contributed by atoms with E-state index in [2.05, 4.69) is 159 Å². The van der Waals surface area contributed by atoms with Crippen molar-refractivity contribution in [2.24, 2.45) is 17.8 Å². The van der Waals surface area contributed by atoms with Gasteiger partial charge in [0.25, 0.3) is 0 Å². The van der Waals surface area contributed by atoms with E-state index in [1.165, 1.54) is 67.6 Å². The summed E-state index contributed by atoms with van der Waals surface area (Å²) >= 11 is 0. The smallest absolute Gasteiger partial charge is 0.104 e. The number of hydrogen-bond acceptors (Lipinski definition) is 2. The van der Waals surface area contributed by atoms with E-state index in [4.69, 9.17) is 0 Å². The first-order valence-electron chi connectivity index (χ1n) is 20.0. The molecule has 53 heavy (non-hydrogen) atoms. The first-order valence-corrected chi connectivity index (χ1v) is 20.0. The van der Waals surface area contributed by atoms with E-state index in [1.807, 2.05) is 0 Å². The number of nitrogens with one attached hydrogen (secondary N) is 1. The second-order valence-corrected chi connectivity index (χ2v) is 15.7. The van der Waals surface area contributed by atoms with Crippen LogP contribution in [-0.2, 0) is 12.8 Å². The van der Waals surface area contributed by atoms with Gasteiger partial charge in [0.2, 0.25) is 0 Å². The number of allylic oxidation sites excluding steroid dienone is 14. The lowest BCUT2D eigenvalue weighted by molar-refractivity contribution is 0.248. The van der Waals surface area contributed by atoms with E-state index in [1.54, 1.807) is 5.57 Å². The highest BCUT2D eigenvalue weighted by molar-refractivity contribution is 5.99. The number of aromatic nitrogens is 2. The first kappa shape index (κ1) is 31.1. The molecule has 0 fully saturated rings. The van der Waals surface area contributed by atoms with Crippen molar-refractivity contribution in [2.45, 2.75) is 64.0 Å². The molecular weight excluding hydrogens is 645 g/mol. The van der Waals surface area contributed by atoms with Gasteiger partial charge < -0.3 is 19.4 Å². The summed E-state index contributed by atoms with van der Waals surface area (Å²) in [6.07, 6.45) is 40.6. The van der Waals surface area contributed by atoms with E-state index < -0.39 is 0 Å². The number of benzene rings is 2. The summed E-state index contributed by atoms with van der Waals surface area (Å²) in [5.74, 6) is 1.35. The molecule has 4 unspecified atom stereocenters. The minimum absolute atomic E-state index is 0.134. The summed E-state index contributed by atoms with van der Waals surface area (Å²) in [4.78, 5) is 2.81. The Labute approximate surface area is 312 Å². The number of aryl methyl sites for hydroxylation is 2. The van der Waals surface area contributed by atoms with Crippen LogP contribution in [0.15, 0.2) is 145 Å². The minimum Gasteiger partial charge on any atom is -0.365 e. The van der Waals surface area contributed by atoms with Gasteiger partial charge in [-0.05, 0) is 111 Å². The maximum atomic E-state index is 4.19. The molecule has 4 nitrogen and oxygen atoms in total. The summed E-state index contributed by atoms with van der Waals surface area (Å²) in [5.41, 5.74) is 18.5. The maximum absolute atomic E-state index is 4.19. The third-order valence-corrected chi connectivity index (χ3v) is 12.8. The second-order valence-electron chi connectivity index (χ2n) is 15.7. The third-order valence-electron chi connectivity index (χ3n) is 12.8. The zero-order valence-electron chi connectivity index (χ0n) is 30.3. The van der Waals surface area contributed by atoms with Crippen molar-refractivity contribution in [2.75, 3.05) is 0 Å². The Morgan fingerprint density at radius 3 is 2.30 bits per heavy atom. The average Bonchev–Trinajstić information content (AvgIpc) is 3.88. The van der Waals surface area contributed by atoms with Gasteiger partial charge in [-0.3, -0.25) is 0 Å². The maximum Gasteiger partial charge on any atom is 0.104 e. The van der Waals surface area contributed by atoms with Gasteiger partial charge in [0.1, 0.15) is 6.17 Å². The minimum atomic E-state index is 0.134. The third kappa shape index (κ3) is 4.88. The topological polar surface area (TPSA) is 25.1 Å². The van der Waals surface area contributed by atoms with Crippen LogP contribution in [0.4, 0.5) is 0 Å². The quantitative estimate of drug-likeness (QED) is 0.225. The van der Waals surface area contributed by atoms with Crippen molar-refractivity contribution in [1.82, 2.24) is 19.4 Å². The fourth-order valence-electron chi connectivity index (χ4n) is 10.5. The molecule has 0 saturated carbocycles. The molecule has 0 saturated heterocycles. The zero-order valence-corrected chi connectivity index (χ0v) is 30.3. The Balaban J connectivity index is 1.15. The fraction of sp³-hybridized carbons (Fsp3) is 0.265. The lowest BCUT2D eigenvalue weighted by atomic mass is 9.81. The lowest BCUT2D eigenvalue weighted by Crippen LogP contribution is -2.47. The van der Waals surface area contributed by atoms with Crippen molar-refractivity contribution < 1.29 is 0 Å². The molecule has 4 atom stereocenters. The average molecular weight is 691 g/mol. The molecule has 7 aliphatic rings. The number of nitrogens with zero attached hydrogens (tertiary/aromatic N) is 3. The first-order chi connectivity index (χ1) is 26.3. The molecule has 0 amide bonds. The van der Waals surface area contributed by atoms with E-state index in [0.717, 1.165) is 57.8 Å². The molecular formula is C49H46N4. The van der Waals surface area contributed by atoms with Crippen LogP contribution in [-0.4, -0.2) is 20.2 Å². The van der Waals surface area contributed by atoms with E-state index >= 15 is 0 Å². The summed E-state index contributed by atoms with van der Waals surface area (Å²) < 4.78 is 5.38. The largest absolute Gasteiger partial charge is 0.365 e. The molecule has 0 radical (unpaired) electrons. The standard InChI is InChI=1S/C49H46N4/c1-5-17-33(18-6-1)35-31-42(34-19-7-2-8-20-34)50-45(32-35)53-43-27-15-13-25-38(43)39-29-30-41-48-47(52(49(41)46(39)53)37-23-11-4-12-24-37)40-26-14-16-28-44(40)51(48)36-21-9-3-10-22-36/h1-11,13,15-17,19-23,27-28,31,33,35,38,45,50H,12,14,18,24-26,29-30,32H2. The van der Waals surface area contributed by atoms with Gasteiger partial charge in [-0.15, -0.1) is 0 Å². The zero-order chi connectivity index (χ0) is 34.9. The fourth-order valence-corrected chi connectivity index (χ4v) is 10.5. The molecule has 2 aromatic heterocycles. The molecule has 0 bridgehead atoms. The molecule has 1 N–H and O–H groups in total. The van der Waals surface area contributed by atoms with Crippen LogP contribution < -0.4 is 5.32 Å². The molecule has 4 heteroatoms. The van der Waals surface area contributed by atoms with Crippen LogP contribution in [0.25, 0.3) is 39.9 Å². The number of hydrogen-bond donors (Lipinski definition) is 1. The van der Waals surface area contributed by atoms with Crippen LogP contribution in [0, 0.1) is 17.8 Å². The van der Waals surface area contributed by atoms with E-state index in [0.29, 0.717) is 17.8 Å². The van der Waals surface area contributed by atoms with Crippen molar-refractivity contribution in [3.8, 4) is 5.69 Å². The van der Waals surface area contributed by atoms with Gasteiger partial charge in [0, 0.05) is 39.8 Å². The van der Waals surface area contributed by atoms with Gasteiger partial charge in [-0.1, -0.05) is 109 Å². The van der Waals surface area contributed by atoms with Gasteiger partial charge in [0.05, 0.1) is 28.1 Å². The molecule has 2 aromatic carbocycles. The van der Waals surface area contributed by atoms with Crippen LogP contribution in [0.1, 0.15) is 73.0 Å². The molecule has 2 aliphatic heterocycles. The van der Waals surface area contributed by atoms with Crippen molar-refractivity contribution in [1.29, 1.82) is 0 Å².